The SMILES string of the molecule is CC(C)NCC(O)COc1ccc(CCOCC2CCCC2)cc1.O=C(O)/C=C/C(=O)O. The van der Waals surface area contributed by atoms with Gasteiger partial charge in [0.25, 0.3) is 0 Å². The summed E-state index contributed by atoms with van der Waals surface area (Å²) in [4.78, 5) is 19.1. The molecule has 8 heteroatoms. The van der Waals surface area contributed by atoms with Crippen molar-refractivity contribution in [3.05, 3.63) is 42.0 Å². The van der Waals surface area contributed by atoms with Crippen LogP contribution in [-0.2, 0) is 20.7 Å². The van der Waals surface area contributed by atoms with Gasteiger partial charge in [-0.1, -0.05) is 38.8 Å². The number of rotatable bonds is 13. The molecule has 1 aliphatic rings. The summed E-state index contributed by atoms with van der Waals surface area (Å²) in [6.45, 7) is 6.69. The van der Waals surface area contributed by atoms with Crippen LogP contribution in [0.3, 0.4) is 0 Å². The standard InChI is InChI=1S/C20H33NO3.C4H4O4/c1-16(2)21-13-19(22)15-24-20-9-7-17(8-10-20)11-12-23-14-18-5-3-4-6-18;5-3(6)1-2-4(7)8/h7-10,16,18-19,21-22H,3-6,11-15H2,1-2H3;1-2H,(H,5,6)(H,7,8)/b;2-1+. The maximum Gasteiger partial charge on any atom is 0.328 e. The van der Waals surface area contributed by atoms with Crippen LogP contribution in [0.25, 0.3) is 0 Å². The van der Waals surface area contributed by atoms with Gasteiger partial charge in [0.2, 0.25) is 0 Å². The number of benzene rings is 1. The fraction of sp³-hybridized carbons (Fsp3) is 0.583. The monoisotopic (exact) mass is 451 g/mol. The second-order valence-electron chi connectivity index (χ2n) is 8.16. The highest BCUT2D eigenvalue weighted by molar-refractivity contribution is 5.89. The quantitative estimate of drug-likeness (QED) is 0.266. The minimum atomic E-state index is -1.26. The van der Waals surface area contributed by atoms with Gasteiger partial charge in [0.15, 0.2) is 0 Å². The number of carboxylic acids is 2. The minimum absolute atomic E-state index is 0.309. The van der Waals surface area contributed by atoms with Crippen LogP contribution in [0.15, 0.2) is 36.4 Å². The van der Waals surface area contributed by atoms with E-state index in [1.165, 1.54) is 31.2 Å². The van der Waals surface area contributed by atoms with Crippen LogP contribution < -0.4 is 10.1 Å². The van der Waals surface area contributed by atoms with Crippen molar-refractivity contribution in [3.63, 3.8) is 0 Å². The molecule has 8 nitrogen and oxygen atoms in total. The zero-order chi connectivity index (χ0) is 23.8. The van der Waals surface area contributed by atoms with Crippen molar-refractivity contribution in [1.82, 2.24) is 5.32 Å². The van der Waals surface area contributed by atoms with Crippen molar-refractivity contribution >= 4 is 11.9 Å². The van der Waals surface area contributed by atoms with E-state index in [-0.39, 0.29) is 0 Å². The van der Waals surface area contributed by atoms with Gasteiger partial charge in [-0.3, -0.25) is 0 Å². The lowest BCUT2D eigenvalue weighted by Crippen LogP contribution is -2.35. The largest absolute Gasteiger partial charge is 0.491 e. The molecule has 1 fully saturated rings. The third-order valence-electron chi connectivity index (χ3n) is 4.86. The molecular weight excluding hydrogens is 414 g/mol. The summed E-state index contributed by atoms with van der Waals surface area (Å²) >= 11 is 0. The molecule has 180 valence electrons. The molecule has 1 aliphatic carbocycles. The summed E-state index contributed by atoms with van der Waals surface area (Å²) in [5.74, 6) is -0.925. The Morgan fingerprint density at radius 3 is 2.22 bits per heavy atom. The number of nitrogens with one attached hydrogen (secondary N) is 1. The first-order chi connectivity index (χ1) is 15.3. The van der Waals surface area contributed by atoms with E-state index in [0.717, 1.165) is 31.3 Å². The number of hydrogen-bond donors (Lipinski definition) is 4. The van der Waals surface area contributed by atoms with Gasteiger partial charge >= 0.3 is 11.9 Å². The summed E-state index contributed by atoms with van der Waals surface area (Å²) in [6, 6.07) is 8.46. The zero-order valence-electron chi connectivity index (χ0n) is 19.0. The van der Waals surface area contributed by atoms with Crippen molar-refractivity contribution in [2.24, 2.45) is 5.92 Å². The summed E-state index contributed by atoms with van der Waals surface area (Å²) in [5, 5.41) is 28.7. The molecule has 1 saturated carbocycles. The molecule has 0 aromatic heterocycles. The Hall–Kier alpha value is -2.42. The van der Waals surface area contributed by atoms with E-state index in [9.17, 15) is 14.7 Å². The zero-order valence-corrected chi connectivity index (χ0v) is 19.0. The van der Waals surface area contributed by atoms with Crippen molar-refractivity contribution in [1.29, 1.82) is 0 Å². The number of carbonyl (C=O) groups is 2. The predicted octanol–water partition coefficient (Wildman–Crippen LogP) is 2.89. The molecule has 1 aromatic rings. The van der Waals surface area contributed by atoms with E-state index in [2.05, 4.69) is 31.3 Å². The van der Waals surface area contributed by atoms with Crippen LogP contribution in [0, 0.1) is 5.92 Å². The normalized spacial score (nSPS) is 14.9. The van der Waals surface area contributed by atoms with Crippen LogP contribution in [0.2, 0.25) is 0 Å². The molecular formula is C24H37NO7. The summed E-state index contributed by atoms with van der Waals surface area (Å²) in [7, 11) is 0. The highest BCUT2D eigenvalue weighted by Gasteiger charge is 2.14. The van der Waals surface area contributed by atoms with Crippen LogP contribution in [0.5, 0.6) is 5.75 Å². The molecule has 2 rings (SSSR count). The maximum atomic E-state index is 9.84. The second-order valence-corrected chi connectivity index (χ2v) is 8.16. The Bertz CT molecular complexity index is 666. The highest BCUT2D eigenvalue weighted by atomic mass is 16.5. The smallest absolute Gasteiger partial charge is 0.328 e. The number of aliphatic hydroxyl groups excluding tert-OH is 1. The molecule has 32 heavy (non-hydrogen) atoms. The Kier molecular flexibility index (Phi) is 14.0. The number of aliphatic carboxylic acids is 2. The van der Waals surface area contributed by atoms with Crippen LogP contribution in [0.4, 0.5) is 0 Å². The third-order valence-corrected chi connectivity index (χ3v) is 4.86. The van der Waals surface area contributed by atoms with Crippen molar-refractivity contribution < 1.29 is 34.4 Å². The molecule has 0 heterocycles. The first kappa shape index (κ1) is 27.6. The average molecular weight is 452 g/mol. The minimum Gasteiger partial charge on any atom is -0.491 e. The van der Waals surface area contributed by atoms with Crippen molar-refractivity contribution in [2.75, 3.05) is 26.4 Å². The molecule has 1 aromatic carbocycles. The van der Waals surface area contributed by atoms with Crippen LogP contribution in [-0.4, -0.2) is 65.8 Å². The Labute approximate surface area is 190 Å². The Balaban J connectivity index is 0.000000547. The van der Waals surface area contributed by atoms with E-state index in [1.54, 1.807) is 0 Å². The molecule has 0 aliphatic heterocycles. The van der Waals surface area contributed by atoms with E-state index < -0.39 is 18.0 Å². The lowest BCUT2D eigenvalue weighted by molar-refractivity contribution is -0.134. The summed E-state index contributed by atoms with van der Waals surface area (Å²) in [5.41, 5.74) is 1.26. The molecule has 4 N–H and O–H groups in total. The third kappa shape index (κ3) is 14.6. The van der Waals surface area contributed by atoms with Gasteiger partial charge in [0.1, 0.15) is 18.5 Å². The van der Waals surface area contributed by atoms with Crippen LogP contribution >= 0.6 is 0 Å². The lowest BCUT2D eigenvalue weighted by atomic mass is 10.1. The second kappa shape index (κ2) is 16.2. The molecule has 1 atom stereocenters. The fourth-order valence-electron chi connectivity index (χ4n) is 3.14. The van der Waals surface area contributed by atoms with Crippen molar-refractivity contribution in [2.45, 2.75) is 58.1 Å². The van der Waals surface area contributed by atoms with Gasteiger partial charge in [-0.15, -0.1) is 0 Å². The number of carboxylic acid groups (broad SMARTS) is 2. The van der Waals surface area contributed by atoms with Gasteiger partial charge in [-0.2, -0.15) is 0 Å². The van der Waals surface area contributed by atoms with Gasteiger partial charge in [0, 0.05) is 31.3 Å². The summed E-state index contributed by atoms with van der Waals surface area (Å²) in [6.07, 6.45) is 6.99. The topological polar surface area (TPSA) is 125 Å². The van der Waals surface area contributed by atoms with Gasteiger partial charge in [-0.05, 0) is 42.9 Å². The molecule has 0 radical (unpaired) electrons. The Morgan fingerprint density at radius 2 is 1.69 bits per heavy atom. The van der Waals surface area contributed by atoms with E-state index in [0.29, 0.717) is 31.3 Å². The van der Waals surface area contributed by atoms with E-state index in [4.69, 9.17) is 19.7 Å². The van der Waals surface area contributed by atoms with Crippen LogP contribution in [0.1, 0.15) is 45.1 Å². The lowest BCUT2D eigenvalue weighted by Gasteiger charge is -2.15. The average Bonchev–Trinajstić information content (AvgIpc) is 3.27. The molecule has 0 spiro atoms. The number of hydrogen-bond acceptors (Lipinski definition) is 6. The fourth-order valence-corrected chi connectivity index (χ4v) is 3.14. The van der Waals surface area contributed by atoms with E-state index in [1.807, 2.05) is 12.1 Å². The molecule has 1 unspecified atom stereocenters. The first-order valence-corrected chi connectivity index (χ1v) is 11.1. The first-order valence-electron chi connectivity index (χ1n) is 11.1. The number of ether oxygens (including phenoxy) is 2. The molecule has 0 saturated heterocycles. The molecule has 0 amide bonds. The number of aliphatic hydroxyl groups is 1. The van der Waals surface area contributed by atoms with Gasteiger partial charge < -0.3 is 30.1 Å². The maximum absolute atomic E-state index is 9.84. The van der Waals surface area contributed by atoms with E-state index >= 15 is 0 Å². The van der Waals surface area contributed by atoms with Gasteiger partial charge in [-0.25, -0.2) is 9.59 Å². The van der Waals surface area contributed by atoms with Crippen molar-refractivity contribution in [3.8, 4) is 5.75 Å². The molecule has 0 bridgehead atoms. The summed E-state index contributed by atoms with van der Waals surface area (Å²) < 4.78 is 11.4. The predicted molar refractivity (Wildman–Crippen MR) is 122 cm³/mol. The Morgan fingerprint density at radius 1 is 1.09 bits per heavy atom. The highest BCUT2D eigenvalue weighted by Crippen LogP contribution is 2.24. The van der Waals surface area contributed by atoms with Gasteiger partial charge in [0.05, 0.1) is 6.61 Å².